The summed E-state index contributed by atoms with van der Waals surface area (Å²) in [6.45, 7) is 0. The van der Waals surface area contributed by atoms with Crippen LogP contribution in [0, 0.1) is 0 Å². The quantitative estimate of drug-likeness (QED) is 0.879. The van der Waals surface area contributed by atoms with Crippen LogP contribution in [-0.2, 0) is 4.74 Å². The normalized spacial score (nSPS) is 10.0. The van der Waals surface area contributed by atoms with Crippen molar-refractivity contribution in [1.29, 1.82) is 0 Å². The Kier molecular flexibility index (Phi) is 4.08. The molecule has 2 aromatic rings. The first-order valence-corrected chi connectivity index (χ1v) is 6.34. The molecule has 1 amide bonds. The van der Waals surface area contributed by atoms with Crippen LogP contribution in [0.3, 0.4) is 0 Å². The second kappa shape index (κ2) is 5.77. The van der Waals surface area contributed by atoms with E-state index in [0.717, 1.165) is 0 Å². The molecule has 1 N–H and O–H groups in total. The zero-order valence-electron chi connectivity index (χ0n) is 9.71. The van der Waals surface area contributed by atoms with Crippen LogP contribution in [-0.4, -0.2) is 29.2 Å². The summed E-state index contributed by atoms with van der Waals surface area (Å²) in [5.41, 5.74) is 0.477. The Morgan fingerprint density at radius 1 is 1.32 bits per heavy atom. The zero-order valence-corrected chi connectivity index (χ0v) is 11.3. The largest absolute Gasteiger partial charge is 0.465 e. The Morgan fingerprint density at radius 3 is 2.74 bits per heavy atom. The van der Waals surface area contributed by atoms with Crippen LogP contribution in [0.2, 0.25) is 5.15 Å². The van der Waals surface area contributed by atoms with Gasteiger partial charge < -0.3 is 10.1 Å². The molecule has 0 unspecified atom stereocenters. The Labute approximate surface area is 117 Å². The summed E-state index contributed by atoms with van der Waals surface area (Å²) in [5, 5.41) is 11.7. The molecule has 0 radical (unpaired) electrons. The molecule has 0 spiro atoms. The van der Waals surface area contributed by atoms with Crippen molar-refractivity contribution in [3.8, 4) is 0 Å². The topological polar surface area (TPSA) is 81.2 Å². The summed E-state index contributed by atoms with van der Waals surface area (Å²) in [7, 11) is 1.28. The Bertz CT molecular complexity index is 612. The lowest BCUT2D eigenvalue weighted by molar-refractivity contribution is 0.0607. The number of halogens is 1. The summed E-state index contributed by atoms with van der Waals surface area (Å²) in [5.74, 6) is -0.986. The SMILES string of the molecule is COC(=O)c1sccc1NC(=O)c1ccc(Cl)nn1. The van der Waals surface area contributed by atoms with Crippen LogP contribution in [0.25, 0.3) is 0 Å². The Morgan fingerprint density at radius 2 is 2.11 bits per heavy atom. The van der Waals surface area contributed by atoms with Crippen LogP contribution in [0.15, 0.2) is 23.6 Å². The first-order chi connectivity index (χ1) is 9.11. The monoisotopic (exact) mass is 297 g/mol. The lowest BCUT2D eigenvalue weighted by atomic mass is 10.3. The molecule has 0 saturated heterocycles. The average Bonchev–Trinajstić information content (AvgIpc) is 2.86. The number of rotatable bonds is 3. The van der Waals surface area contributed by atoms with Crippen LogP contribution in [0.5, 0.6) is 0 Å². The van der Waals surface area contributed by atoms with Gasteiger partial charge in [0.05, 0.1) is 12.8 Å². The predicted molar refractivity (Wildman–Crippen MR) is 70.7 cm³/mol. The number of hydrogen-bond acceptors (Lipinski definition) is 6. The number of nitrogens with one attached hydrogen (secondary N) is 1. The maximum Gasteiger partial charge on any atom is 0.350 e. The van der Waals surface area contributed by atoms with Gasteiger partial charge in [-0.2, -0.15) is 0 Å². The van der Waals surface area contributed by atoms with Crippen LogP contribution < -0.4 is 5.32 Å². The van der Waals surface area contributed by atoms with Crippen molar-refractivity contribution in [1.82, 2.24) is 10.2 Å². The third kappa shape index (κ3) is 3.07. The van der Waals surface area contributed by atoms with Gasteiger partial charge in [0.15, 0.2) is 10.8 Å². The number of methoxy groups -OCH3 is 1. The Hall–Kier alpha value is -1.99. The van der Waals surface area contributed by atoms with Gasteiger partial charge in [-0.3, -0.25) is 4.79 Å². The fraction of sp³-hybridized carbons (Fsp3) is 0.0909. The number of carbonyl (C=O) groups is 2. The van der Waals surface area contributed by atoms with E-state index in [-0.39, 0.29) is 10.8 Å². The molecule has 2 heterocycles. The average molecular weight is 298 g/mol. The molecule has 0 atom stereocenters. The molecule has 2 aromatic heterocycles. The number of carbonyl (C=O) groups excluding carboxylic acids is 2. The van der Waals surface area contributed by atoms with E-state index in [2.05, 4.69) is 20.3 Å². The second-order valence-electron chi connectivity index (χ2n) is 3.35. The highest BCUT2D eigenvalue weighted by Gasteiger charge is 2.17. The van der Waals surface area contributed by atoms with Gasteiger partial charge in [-0.05, 0) is 23.6 Å². The molecular formula is C11H8ClN3O3S. The molecule has 8 heteroatoms. The molecule has 0 aromatic carbocycles. The summed E-state index contributed by atoms with van der Waals surface area (Å²) < 4.78 is 4.61. The van der Waals surface area contributed by atoms with E-state index in [1.807, 2.05) is 0 Å². The van der Waals surface area contributed by atoms with Crippen molar-refractivity contribution < 1.29 is 14.3 Å². The van der Waals surface area contributed by atoms with Gasteiger partial charge in [0.25, 0.3) is 5.91 Å². The number of hydrogen-bond donors (Lipinski definition) is 1. The minimum absolute atomic E-state index is 0.103. The van der Waals surface area contributed by atoms with Gasteiger partial charge in [-0.25, -0.2) is 4.79 Å². The minimum Gasteiger partial charge on any atom is -0.465 e. The van der Waals surface area contributed by atoms with Crippen LogP contribution in [0.1, 0.15) is 20.2 Å². The highest BCUT2D eigenvalue weighted by atomic mass is 35.5. The highest BCUT2D eigenvalue weighted by molar-refractivity contribution is 7.12. The third-order valence-corrected chi connectivity index (χ3v) is 3.24. The predicted octanol–water partition coefficient (Wildman–Crippen LogP) is 2.23. The number of aromatic nitrogens is 2. The molecule has 19 heavy (non-hydrogen) atoms. The third-order valence-electron chi connectivity index (χ3n) is 2.15. The fourth-order valence-electron chi connectivity index (χ4n) is 1.28. The first kappa shape index (κ1) is 13.4. The maximum atomic E-state index is 11.9. The summed E-state index contributed by atoms with van der Waals surface area (Å²) >= 11 is 6.76. The van der Waals surface area contributed by atoms with Crippen molar-refractivity contribution >= 4 is 40.5 Å². The van der Waals surface area contributed by atoms with Gasteiger partial charge in [0.1, 0.15) is 4.88 Å². The van der Waals surface area contributed by atoms with Gasteiger partial charge in [0.2, 0.25) is 0 Å². The number of ether oxygens (including phenoxy) is 1. The molecule has 0 aliphatic rings. The van der Waals surface area contributed by atoms with Crippen LogP contribution in [0.4, 0.5) is 5.69 Å². The lowest BCUT2D eigenvalue weighted by Crippen LogP contribution is -2.15. The van der Waals surface area contributed by atoms with Crippen molar-refractivity contribution in [3.63, 3.8) is 0 Å². The van der Waals surface area contributed by atoms with Gasteiger partial charge in [0, 0.05) is 0 Å². The highest BCUT2D eigenvalue weighted by Crippen LogP contribution is 2.23. The molecule has 6 nitrogen and oxygen atoms in total. The van der Waals surface area contributed by atoms with Crippen molar-refractivity contribution in [2.45, 2.75) is 0 Å². The van der Waals surface area contributed by atoms with E-state index >= 15 is 0 Å². The first-order valence-electron chi connectivity index (χ1n) is 5.08. The molecule has 0 saturated carbocycles. The summed E-state index contributed by atoms with van der Waals surface area (Å²) in [6, 6.07) is 4.51. The van der Waals surface area contributed by atoms with Crippen molar-refractivity contribution in [3.05, 3.63) is 39.3 Å². The molecule has 0 fully saturated rings. The molecule has 0 bridgehead atoms. The van der Waals surface area contributed by atoms with Gasteiger partial charge >= 0.3 is 5.97 Å². The molecule has 2 rings (SSSR count). The van der Waals surface area contributed by atoms with E-state index < -0.39 is 11.9 Å². The number of anilines is 1. The minimum atomic E-state index is -0.507. The Balaban J connectivity index is 2.17. The number of esters is 1. The summed E-state index contributed by atoms with van der Waals surface area (Å²) in [6.07, 6.45) is 0. The number of amides is 1. The van der Waals surface area contributed by atoms with Gasteiger partial charge in [-0.1, -0.05) is 11.6 Å². The smallest absolute Gasteiger partial charge is 0.350 e. The molecule has 98 valence electrons. The van der Waals surface area contributed by atoms with Gasteiger partial charge in [-0.15, -0.1) is 21.5 Å². The number of thiophene rings is 1. The lowest BCUT2D eigenvalue weighted by Gasteiger charge is -2.04. The summed E-state index contributed by atoms with van der Waals surface area (Å²) in [4.78, 5) is 23.6. The molecular weight excluding hydrogens is 290 g/mol. The van der Waals surface area contributed by atoms with E-state index in [1.54, 1.807) is 11.4 Å². The van der Waals surface area contributed by atoms with Crippen LogP contribution >= 0.6 is 22.9 Å². The second-order valence-corrected chi connectivity index (χ2v) is 4.65. The van der Waals surface area contributed by atoms with E-state index in [0.29, 0.717) is 10.6 Å². The standard InChI is InChI=1S/C11H8ClN3O3S/c1-18-11(17)9-6(4-5-19-9)13-10(16)7-2-3-8(12)15-14-7/h2-5H,1H3,(H,13,16). The van der Waals surface area contributed by atoms with E-state index in [4.69, 9.17) is 11.6 Å². The van der Waals surface area contributed by atoms with Crippen molar-refractivity contribution in [2.24, 2.45) is 0 Å². The van der Waals surface area contributed by atoms with Crippen molar-refractivity contribution in [2.75, 3.05) is 12.4 Å². The molecule has 0 aliphatic heterocycles. The van der Waals surface area contributed by atoms with E-state index in [9.17, 15) is 9.59 Å². The maximum absolute atomic E-state index is 11.9. The number of nitrogens with zero attached hydrogens (tertiary/aromatic N) is 2. The zero-order chi connectivity index (χ0) is 13.8. The fourth-order valence-corrected chi connectivity index (χ4v) is 2.15. The molecule has 0 aliphatic carbocycles. The van der Waals surface area contributed by atoms with E-state index in [1.165, 1.54) is 30.6 Å².